The van der Waals surface area contributed by atoms with Crippen molar-refractivity contribution in [1.29, 1.82) is 0 Å². The van der Waals surface area contributed by atoms with Crippen LogP contribution in [0.5, 0.6) is 0 Å². The highest BCUT2D eigenvalue weighted by atomic mass is 32.1. The van der Waals surface area contributed by atoms with Crippen molar-refractivity contribution in [1.82, 2.24) is 19.9 Å². The Morgan fingerprint density at radius 1 is 1.41 bits per heavy atom. The fourth-order valence-electron chi connectivity index (χ4n) is 3.49. The summed E-state index contributed by atoms with van der Waals surface area (Å²) in [4.78, 5) is 42.4. The van der Waals surface area contributed by atoms with Gasteiger partial charge in [-0.25, -0.2) is 19.7 Å². The van der Waals surface area contributed by atoms with E-state index in [1.54, 1.807) is 13.1 Å². The van der Waals surface area contributed by atoms with Gasteiger partial charge in [0, 0.05) is 26.3 Å². The van der Waals surface area contributed by atoms with E-state index in [2.05, 4.69) is 27.2 Å². The van der Waals surface area contributed by atoms with Crippen LogP contribution in [0.2, 0.25) is 0 Å². The van der Waals surface area contributed by atoms with Crippen LogP contribution in [-0.2, 0) is 4.79 Å². The van der Waals surface area contributed by atoms with Gasteiger partial charge in [-0.2, -0.15) is 0 Å². The Morgan fingerprint density at radius 2 is 2.17 bits per heavy atom. The smallest absolute Gasteiger partial charge is 0.324 e. The first-order chi connectivity index (χ1) is 13.8. The number of nitrogens with zero attached hydrogens (tertiary/aromatic N) is 5. The number of carbonyl (C=O) groups excluding carboxylic acids is 2. The van der Waals surface area contributed by atoms with Gasteiger partial charge in [0.15, 0.2) is 5.13 Å². The molecule has 0 unspecified atom stereocenters. The first-order valence-corrected chi connectivity index (χ1v) is 10.5. The normalized spacial score (nSPS) is 18.7. The highest BCUT2D eigenvalue weighted by Gasteiger charge is 2.44. The lowest BCUT2D eigenvalue weighted by atomic mass is 9.98. The fraction of sp³-hybridized carbons (Fsp3) is 0.526. The topological polar surface area (TPSA) is 117 Å². The van der Waals surface area contributed by atoms with Gasteiger partial charge in [0.2, 0.25) is 11.9 Å². The molecule has 29 heavy (non-hydrogen) atoms. The van der Waals surface area contributed by atoms with E-state index in [-0.39, 0.29) is 6.03 Å². The predicted molar refractivity (Wildman–Crippen MR) is 114 cm³/mol. The van der Waals surface area contributed by atoms with Gasteiger partial charge >= 0.3 is 6.03 Å². The molecule has 9 nitrogen and oxygen atoms in total. The summed E-state index contributed by atoms with van der Waals surface area (Å²) in [7, 11) is 1.96. The first-order valence-electron chi connectivity index (χ1n) is 9.66. The van der Waals surface area contributed by atoms with E-state index >= 15 is 0 Å². The SMILES string of the molecule is CCCN(C)c1nccc(-c2sc(NC(=O)N3CCC[C@@]3(C)C(N)=O)nc2C)n1. The van der Waals surface area contributed by atoms with Gasteiger partial charge in [0.05, 0.1) is 16.3 Å². The minimum Gasteiger partial charge on any atom is -0.368 e. The van der Waals surface area contributed by atoms with Crippen LogP contribution in [0, 0.1) is 6.92 Å². The summed E-state index contributed by atoms with van der Waals surface area (Å²) in [5, 5.41) is 3.28. The molecular formula is C19H27N7O2S. The van der Waals surface area contributed by atoms with Gasteiger partial charge in [-0.05, 0) is 39.2 Å². The molecule has 0 spiro atoms. The quantitative estimate of drug-likeness (QED) is 0.746. The Bertz CT molecular complexity index is 916. The molecular weight excluding hydrogens is 390 g/mol. The number of urea groups is 1. The summed E-state index contributed by atoms with van der Waals surface area (Å²) < 4.78 is 0. The average molecular weight is 418 g/mol. The third-order valence-corrected chi connectivity index (χ3v) is 6.30. The van der Waals surface area contributed by atoms with Crippen LogP contribution < -0.4 is 16.0 Å². The van der Waals surface area contributed by atoms with Crippen LogP contribution >= 0.6 is 11.3 Å². The van der Waals surface area contributed by atoms with E-state index in [4.69, 9.17) is 5.73 Å². The van der Waals surface area contributed by atoms with Gasteiger partial charge < -0.3 is 15.5 Å². The number of likely N-dealkylation sites (tertiary alicyclic amines) is 1. The number of hydrogen-bond donors (Lipinski definition) is 2. The number of nitrogens with two attached hydrogens (primary N) is 1. The van der Waals surface area contributed by atoms with Crippen molar-refractivity contribution < 1.29 is 9.59 Å². The third-order valence-electron chi connectivity index (χ3n) is 5.20. The molecule has 0 aromatic carbocycles. The van der Waals surface area contributed by atoms with E-state index in [1.165, 1.54) is 16.2 Å². The Kier molecular flexibility index (Phi) is 6.02. The molecule has 0 radical (unpaired) electrons. The van der Waals surface area contributed by atoms with E-state index in [0.717, 1.165) is 35.7 Å². The number of nitrogens with one attached hydrogen (secondary N) is 1. The van der Waals surface area contributed by atoms with Crippen LogP contribution in [0.1, 0.15) is 38.8 Å². The molecule has 10 heteroatoms. The number of hydrogen-bond acceptors (Lipinski definition) is 7. The second-order valence-corrected chi connectivity index (χ2v) is 8.42. The number of thiazole rings is 1. The summed E-state index contributed by atoms with van der Waals surface area (Å²) in [6, 6.07) is 1.47. The van der Waals surface area contributed by atoms with Gasteiger partial charge in [-0.15, -0.1) is 0 Å². The van der Waals surface area contributed by atoms with Crippen molar-refractivity contribution >= 4 is 34.4 Å². The molecule has 3 rings (SSSR count). The molecule has 1 fully saturated rings. The standard InChI is InChI=1S/C19H27N7O2S/c1-5-10-25(4)16-21-9-7-13(23-16)14-12(2)22-17(29-14)24-18(28)26-11-6-8-19(26,3)15(20)27/h7,9H,5-6,8,10-11H2,1-4H3,(H2,20,27)(H,22,24,28)/t19-/m0/s1. The van der Waals surface area contributed by atoms with E-state index < -0.39 is 11.4 Å². The molecule has 2 aromatic rings. The fourth-order valence-corrected chi connectivity index (χ4v) is 4.41. The van der Waals surface area contributed by atoms with E-state index in [1.807, 2.05) is 24.9 Å². The van der Waals surface area contributed by atoms with Gasteiger partial charge in [-0.1, -0.05) is 18.3 Å². The van der Waals surface area contributed by atoms with E-state index in [9.17, 15) is 9.59 Å². The molecule has 0 bridgehead atoms. The number of aromatic nitrogens is 3. The molecule has 0 saturated carbocycles. The second-order valence-electron chi connectivity index (χ2n) is 7.42. The summed E-state index contributed by atoms with van der Waals surface area (Å²) in [5.74, 6) is 0.155. The number of primary amides is 1. The van der Waals surface area contributed by atoms with Crippen molar-refractivity contribution in [2.45, 2.75) is 45.6 Å². The molecule has 1 aliphatic heterocycles. The lowest BCUT2D eigenvalue weighted by Crippen LogP contribution is -2.55. The van der Waals surface area contributed by atoms with Crippen molar-refractivity contribution in [3.63, 3.8) is 0 Å². The van der Waals surface area contributed by atoms with Crippen molar-refractivity contribution in [3.05, 3.63) is 18.0 Å². The Balaban J connectivity index is 1.80. The number of amides is 3. The minimum atomic E-state index is -0.968. The number of aryl methyl sites for hydroxylation is 1. The molecule has 156 valence electrons. The molecule has 3 N–H and O–H groups in total. The van der Waals surface area contributed by atoms with Crippen molar-refractivity contribution in [2.24, 2.45) is 5.73 Å². The predicted octanol–water partition coefficient (Wildman–Crippen LogP) is 2.63. The molecule has 2 aromatic heterocycles. The molecule has 1 atom stereocenters. The summed E-state index contributed by atoms with van der Waals surface area (Å²) >= 11 is 1.35. The van der Waals surface area contributed by atoms with Crippen LogP contribution in [-0.4, -0.2) is 57.5 Å². The zero-order valence-electron chi connectivity index (χ0n) is 17.2. The molecule has 3 heterocycles. The van der Waals surface area contributed by atoms with Crippen LogP contribution in [0.25, 0.3) is 10.6 Å². The maximum absolute atomic E-state index is 12.7. The lowest BCUT2D eigenvalue weighted by molar-refractivity contribution is -0.126. The van der Waals surface area contributed by atoms with Gasteiger partial charge in [0.1, 0.15) is 5.54 Å². The zero-order valence-corrected chi connectivity index (χ0v) is 18.0. The number of rotatable bonds is 6. The molecule has 3 amide bonds. The van der Waals surface area contributed by atoms with Crippen LogP contribution in [0.4, 0.5) is 15.9 Å². The summed E-state index contributed by atoms with van der Waals surface area (Å²) in [6.07, 6.45) is 4.03. The average Bonchev–Trinajstić information content (AvgIpc) is 3.25. The monoisotopic (exact) mass is 417 g/mol. The van der Waals surface area contributed by atoms with Crippen LogP contribution in [0.3, 0.4) is 0 Å². The zero-order chi connectivity index (χ0) is 21.2. The Labute approximate surface area is 174 Å². The highest BCUT2D eigenvalue weighted by molar-refractivity contribution is 7.19. The van der Waals surface area contributed by atoms with Crippen molar-refractivity contribution in [3.8, 4) is 10.6 Å². The van der Waals surface area contributed by atoms with Gasteiger partial charge in [0.25, 0.3) is 0 Å². The first kappa shape index (κ1) is 21.0. The largest absolute Gasteiger partial charge is 0.368 e. The summed E-state index contributed by atoms with van der Waals surface area (Å²) in [6.45, 7) is 7.03. The maximum Gasteiger partial charge on any atom is 0.324 e. The second kappa shape index (κ2) is 8.32. The number of carbonyl (C=O) groups is 2. The van der Waals surface area contributed by atoms with Crippen molar-refractivity contribution in [2.75, 3.05) is 30.4 Å². The minimum absolute atomic E-state index is 0.366. The highest BCUT2D eigenvalue weighted by Crippen LogP contribution is 2.34. The van der Waals surface area contributed by atoms with Crippen LogP contribution in [0.15, 0.2) is 12.3 Å². The van der Waals surface area contributed by atoms with E-state index in [0.29, 0.717) is 24.0 Å². The Morgan fingerprint density at radius 3 is 2.86 bits per heavy atom. The lowest BCUT2D eigenvalue weighted by Gasteiger charge is -2.31. The number of anilines is 2. The maximum atomic E-state index is 12.7. The molecule has 1 saturated heterocycles. The Hall–Kier alpha value is -2.75. The van der Waals surface area contributed by atoms with Gasteiger partial charge in [-0.3, -0.25) is 10.1 Å². The third kappa shape index (κ3) is 4.16. The summed E-state index contributed by atoms with van der Waals surface area (Å²) in [5.41, 5.74) is 6.09. The molecule has 1 aliphatic rings. The molecule has 0 aliphatic carbocycles.